The van der Waals surface area contributed by atoms with E-state index in [1.54, 1.807) is 24.3 Å². The fourth-order valence-corrected chi connectivity index (χ4v) is 4.65. The number of hydrazine groups is 1. The van der Waals surface area contributed by atoms with Crippen LogP contribution in [-0.2, 0) is 6.54 Å². The summed E-state index contributed by atoms with van der Waals surface area (Å²) in [7, 11) is 0. The molecule has 2 N–H and O–H groups in total. The monoisotopic (exact) mass is 449 g/mol. The number of carbonyl (C=O) groups excluding carboxylic acids is 2. The van der Waals surface area contributed by atoms with Gasteiger partial charge in [0.15, 0.2) is 5.69 Å². The van der Waals surface area contributed by atoms with Crippen molar-refractivity contribution >= 4 is 33.9 Å². The molecule has 0 radical (unpaired) electrons. The van der Waals surface area contributed by atoms with Gasteiger partial charge in [0.1, 0.15) is 5.00 Å². The topological polar surface area (TPSA) is 98.0 Å². The molecular weight excluding hydrogens is 426 g/mol. The highest BCUT2D eigenvalue weighted by molar-refractivity contribution is 7.15. The molecule has 3 aromatic heterocycles. The summed E-state index contributed by atoms with van der Waals surface area (Å²) in [6.07, 6.45) is 4.43. The summed E-state index contributed by atoms with van der Waals surface area (Å²) >= 11 is 1.51. The normalized spacial score (nSPS) is 11.0. The van der Waals surface area contributed by atoms with Crippen molar-refractivity contribution in [3.05, 3.63) is 80.8 Å². The maximum absolute atomic E-state index is 13.0. The first kappa shape index (κ1) is 21.5. The number of nitrogens with zero attached hydrogens (tertiary/aromatic N) is 3. The van der Waals surface area contributed by atoms with Gasteiger partial charge in [0.2, 0.25) is 0 Å². The molecule has 2 amide bonds. The molecule has 0 atom stereocenters. The lowest BCUT2D eigenvalue weighted by molar-refractivity contribution is 0.0843. The highest BCUT2D eigenvalue weighted by Crippen LogP contribution is 2.30. The minimum Gasteiger partial charge on any atom is -0.315 e. The number of benzene rings is 1. The molecular formula is C23H23N5O3S. The molecule has 3 heterocycles. The molecule has 0 unspecified atom stereocenters. The first-order valence-corrected chi connectivity index (χ1v) is 11.1. The second-order valence-corrected chi connectivity index (χ2v) is 8.59. The van der Waals surface area contributed by atoms with Crippen LogP contribution in [0.25, 0.3) is 15.8 Å². The minimum atomic E-state index is -0.591. The Morgan fingerprint density at radius 2 is 1.66 bits per heavy atom. The predicted molar refractivity (Wildman–Crippen MR) is 124 cm³/mol. The number of rotatable bonds is 5. The summed E-state index contributed by atoms with van der Waals surface area (Å²) in [4.78, 5) is 39.6. The second kappa shape index (κ2) is 8.80. The van der Waals surface area contributed by atoms with Crippen LogP contribution in [0.2, 0.25) is 0 Å². The maximum atomic E-state index is 13.0. The van der Waals surface area contributed by atoms with E-state index in [4.69, 9.17) is 0 Å². The van der Waals surface area contributed by atoms with Gasteiger partial charge in [0.25, 0.3) is 17.4 Å². The van der Waals surface area contributed by atoms with Crippen LogP contribution in [0.4, 0.5) is 0 Å². The van der Waals surface area contributed by atoms with Crippen LogP contribution < -0.4 is 16.4 Å². The smallest absolute Gasteiger partial charge is 0.290 e. The Morgan fingerprint density at radius 3 is 2.34 bits per heavy atom. The van der Waals surface area contributed by atoms with Crippen molar-refractivity contribution < 1.29 is 9.59 Å². The molecule has 0 fully saturated rings. The van der Waals surface area contributed by atoms with Crippen LogP contribution in [0, 0.1) is 13.8 Å². The molecule has 0 aliphatic heterocycles. The van der Waals surface area contributed by atoms with Crippen LogP contribution in [0.5, 0.6) is 0 Å². The van der Waals surface area contributed by atoms with Gasteiger partial charge in [0.05, 0.1) is 10.9 Å². The molecule has 9 heteroatoms. The summed E-state index contributed by atoms with van der Waals surface area (Å²) in [5, 5.41) is 5.88. The number of hydrogen-bond donors (Lipinski definition) is 2. The van der Waals surface area contributed by atoms with E-state index < -0.39 is 11.8 Å². The molecule has 4 aromatic rings. The van der Waals surface area contributed by atoms with Crippen molar-refractivity contribution in [1.29, 1.82) is 0 Å². The summed E-state index contributed by atoms with van der Waals surface area (Å²) in [5.74, 6) is -1.01. The van der Waals surface area contributed by atoms with Crippen molar-refractivity contribution in [3.63, 3.8) is 0 Å². The van der Waals surface area contributed by atoms with Crippen molar-refractivity contribution in [2.24, 2.45) is 0 Å². The van der Waals surface area contributed by atoms with Gasteiger partial charge in [-0.2, -0.15) is 5.10 Å². The van der Waals surface area contributed by atoms with E-state index in [0.29, 0.717) is 29.3 Å². The lowest BCUT2D eigenvalue weighted by Crippen LogP contribution is -2.43. The maximum Gasteiger partial charge on any atom is 0.290 e. The number of hydrogen-bond acceptors (Lipinski definition) is 5. The molecule has 0 aliphatic carbocycles. The Labute approximate surface area is 188 Å². The van der Waals surface area contributed by atoms with E-state index in [-0.39, 0.29) is 11.3 Å². The van der Waals surface area contributed by atoms with Crippen LogP contribution in [-0.4, -0.2) is 26.2 Å². The molecule has 1 aromatic carbocycles. The van der Waals surface area contributed by atoms with E-state index in [2.05, 4.69) is 16.0 Å². The fraction of sp³-hybridized carbons (Fsp3) is 0.217. The Hall–Kier alpha value is -3.72. The number of aromatic nitrogens is 3. The fourth-order valence-electron chi connectivity index (χ4n) is 3.53. The molecule has 164 valence electrons. The minimum absolute atomic E-state index is 0.0813. The standard InChI is InChI=1S/C23H23N5O3S/c1-4-11-28-22(31)17-10-6-5-9-16(17)19(26-28)21(30)25-24-20(29)18-14(2)15(3)32-23(18)27-12-7-8-13-27/h5-10,12-13H,4,11H2,1-3H3,(H,24,29)(H,25,30). The summed E-state index contributed by atoms with van der Waals surface area (Å²) in [6, 6.07) is 10.6. The van der Waals surface area contributed by atoms with Gasteiger partial charge in [0, 0.05) is 29.2 Å². The average molecular weight is 450 g/mol. The number of thiophene rings is 1. The van der Waals surface area contributed by atoms with Crippen molar-refractivity contribution in [3.8, 4) is 5.00 Å². The van der Waals surface area contributed by atoms with Crippen molar-refractivity contribution in [1.82, 2.24) is 25.2 Å². The highest BCUT2D eigenvalue weighted by Gasteiger charge is 2.22. The number of amides is 2. The Morgan fingerprint density at radius 1 is 1.00 bits per heavy atom. The lowest BCUT2D eigenvalue weighted by Gasteiger charge is -2.12. The van der Waals surface area contributed by atoms with Gasteiger partial charge in [-0.15, -0.1) is 11.3 Å². The summed E-state index contributed by atoms with van der Waals surface area (Å²) in [6.45, 7) is 6.15. The van der Waals surface area contributed by atoms with Crippen molar-refractivity contribution in [2.75, 3.05) is 0 Å². The van der Waals surface area contributed by atoms with Crippen molar-refractivity contribution in [2.45, 2.75) is 33.7 Å². The zero-order chi connectivity index (χ0) is 22.8. The van der Waals surface area contributed by atoms with Gasteiger partial charge >= 0.3 is 0 Å². The molecule has 0 saturated carbocycles. The Balaban J connectivity index is 1.63. The summed E-state index contributed by atoms with van der Waals surface area (Å²) < 4.78 is 3.16. The van der Waals surface area contributed by atoms with Gasteiger partial charge in [-0.25, -0.2) is 4.68 Å². The third-order valence-corrected chi connectivity index (χ3v) is 6.46. The Bertz CT molecular complexity index is 1370. The number of fused-ring (bicyclic) bond motifs is 1. The third kappa shape index (κ3) is 3.82. The molecule has 32 heavy (non-hydrogen) atoms. The average Bonchev–Trinajstić information content (AvgIpc) is 3.42. The van der Waals surface area contributed by atoms with Gasteiger partial charge in [-0.3, -0.25) is 25.2 Å². The first-order chi connectivity index (χ1) is 15.4. The zero-order valence-electron chi connectivity index (χ0n) is 18.0. The molecule has 0 aliphatic rings. The van der Waals surface area contributed by atoms with E-state index in [1.807, 2.05) is 49.9 Å². The number of nitrogens with one attached hydrogen (secondary N) is 2. The van der Waals surface area contributed by atoms with Crippen LogP contribution in [0.1, 0.15) is 44.6 Å². The first-order valence-electron chi connectivity index (χ1n) is 10.3. The largest absolute Gasteiger partial charge is 0.315 e. The second-order valence-electron chi connectivity index (χ2n) is 7.38. The number of aryl methyl sites for hydroxylation is 2. The molecule has 0 bridgehead atoms. The number of carbonyl (C=O) groups is 2. The van der Waals surface area contributed by atoms with Crippen LogP contribution >= 0.6 is 11.3 Å². The van der Waals surface area contributed by atoms with E-state index in [9.17, 15) is 14.4 Å². The van der Waals surface area contributed by atoms with E-state index >= 15 is 0 Å². The molecule has 0 saturated heterocycles. The third-order valence-electron chi connectivity index (χ3n) is 5.24. The van der Waals surface area contributed by atoms with Crippen LogP contribution in [0.15, 0.2) is 53.6 Å². The summed E-state index contributed by atoms with van der Waals surface area (Å²) in [5.41, 5.74) is 6.16. The van der Waals surface area contributed by atoms with E-state index in [1.165, 1.54) is 16.0 Å². The molecule has 0 spiro atoms. The molecule has 4 rings (SSSR count). The van der Waals surface area contributed by atoms with Crippen LogP contribution in [0.3, 0.4) is 0 Å². The lowest BCUT2D eigenvalue weighted by atomic mass is 10.1. The molecule has 8 nitrogen and oxygen atoms in total. The predicted octanol–water partition coefficient (Wildman–Crippen LogP) is 3.35. The SMILES string of the molecule is CCCn1nc(C(=O)NNC(=O)c2c(-n3cccc3)sc(C)c2C)c2ccccc2c1=O. The van der Waals surface area contributed by atoms with Gasteiger partial charge in [-0.05, 0) is 44.0 Å². The zero-order valence-corrected chi connectivity index (χ0v) is 18.8. The van der Waals surface area contributed by atoms with Gasteiger partial charge < -0.3 is 4.57 Å². The van der Waals surface area contributed by atoms with Gasteiger partial charge in [-0.1, -0.05) is 25.1 Å². The van der Waals surface area contributed by atoms with E-state index in [0.717, 1.165) is 15.4 Å². The Kier molecular flexibility index (Phi) is 5.91. The quantitative estimate of drug-likeness (QED) is 0.457. The highest BCUT2D eigenvalue weighted by atomic mass is 32.1.